The van der Waals surface area contributed by atoms with Gasteiger partial charge in [-0.1, -0.05) is 89.5 Å². The minimum atomic E-state index is -0.344. The van der Waals surface area contributed by atoms with Crippen LogP contribution in [0.2, 0.25) is 0 Å². The Kier molecular flexibility index (Phi) is 10.4. The van der Waals surface area contributed by atoms with Gasteiger partial charge >= 0.3 is 0 Å². The monoisotopic (exact) mass is 653 g/mol. The number of methoxy groups -OCH3 is 2. The Labute approximate surface area is 289 Å². The molecular weight excluding hydrogens is 610 g/mol. The Bertz CT molecular complexity index is 1960. The van der Waals surface area contributed by atoms with Gasteiger partial charge in [-0.3, -0.25) is 0 Å². The minimum Gasteiger partial charge on any atom is -0.497 e. The van der Waals surface area contributed by atoms with Crippen molar-refractivity contribution in [1.29, 1.82) is 0 Å². The van der Waals surface area contributed by atoms with Gasteiger partial charge in [-0.15, -0.1) is 0 Å². The number of benzene rings is 4. The molecule has 49 heavy (non-hydrogen) atoms. The summed E-state index contributed by atoms with van der Waals surface area (Å²) in [5.74, 6) is 2.49. The van der Waals surface area contributed by atoms with Crippen molar-refractivity contribution >= 4 is 11.8 Å². The number of hydrogen-bond acceptors (Lipinski definition) is 7. The average Bonchev–Trinajstić information content (AvgIpc) is 3.60. The van der Waals surface area contributed by atoms with E-state index in [2.05, 4.69) is 81.4 Å². The molecule has 0 N–H and O–H groups in total. The van der Waals surface area contributed by atoms with Gasteiger partial charge in [0.25, 0.3) is 0 Å². The van der Waals surface area contributed by atoms with E-state index in [4.69, 9.17) is 33.9 Å². The molecule has 0 bridgehead atoms. The van der Waals surface area contributed by atoms with Gasteiger partial charge in [-0.25, -0.2) is 15.0 Å². The number of ether oxygens (including phenoxy) is 4. The molecule has 4 aromatic carbocycles. The first kappa shape index (κ1) is 33.5. The molecule has 0 radical (unpaired) electrons. The van der Waals surface area contributed by atoms with Crippen molar-refractivity contribution in [2.75, 3.05) is 27.4 Å². The molecule has 250 valence electrons. The van der Waals surface area contributed by atoms with Crippen LogP contribution in [-0.4, -0.2) is 50.3 Å². The summed E-state index contributed by atoms with van der Waals surface area (Å²) in [5.41, 5.74) is 9.10. The standard InChI is InChI=1S/C42H43N3O4/c1-7-48-42(45-40(32-15-10-17-35(25-32)47-6)33-22-28(3)20-29(4)23-33)37-19-11-18-36(43-37)41-44-38(26-49-41)39(30-13-8-12-27(2)21-30)31-14-9-16-34(24-31)46-5/h8-25,38-40H,7,26H2,1-6H3/t38?,39-,40?/m0/s1. The largest absolute Gasteiger partial charge is 0.497 e. The third-order valence-corrected chi connectivity index (χ3v) is 8.60. The zero-order chi connectivity index (χ0) is 34.3. The van der Waals surface area contributed by atoms with Crippen LogP contribution in [0.5, 0.6) is 11.5 Å². The van der Waals surface area contributed by atoms with E-state index in [0.717, 1.165) is 28.2 Å². The maximum atomic E-state index is 6.29. The summed E-state index contributed by atoms with van der Waals surface area (Å²) in [6.45, 7) is 9.12. The molecular formula is C42H43N3O4. The number of nitrogens with zero attached hydrogens (tertiary/aromatic N) is 3. The second kappa shape index (κ2) is 15.2. The van der Waals surface area contributed by atoms with Crippen molar-refractivity contribution in [3.05, 3.63) is 160 Å². The van der Waals surface area contributed by atoms with Crippen LogP contribution in [0.1, 0.15) is 69.2 Å². The topological polar surface area (TPSA) is 74.5 Å². The van der Waals surface area contributed by atoms with E-state index in [-0.39, 0.29) is 18.0 Å². The lowest BCUT2D eigenvalue weighted by Gasteiger charge is -2.22. The van der Waals surface area contributed by atoms with E-state index >= 15 is 0 Å². The highest BCUT2D eigenvalue weighted by Crippen LogP contribution is 2.35. The highest BCUT2D eigenvalue weighted by molar-refractivity contribution is 5.97. The third kappa shape index (κ3) is 7.83. The van der Waals surface area contributed by atoms with E-state index < -0.39 is 0 Å². The summed E-state index contributed by atoms with van der Waals surface area (Å²) in [5, 5.41) is 0. The molecule has 1 aliphatic rings. The van der Waals surface area contributed by atoms with E-state index in [9.17, 15) is 0 Å². The summed E-state index contributed by atoms with van der Waals surface area (Å²) in [6, 6.07) is 36.6. The van der Waals surface area contributed by atoms with Crippen LogP contribution in [0.15, 0.2) is 119 Å². The Morgan fingerprint density at radius 2 is 1.35 bits per heavy atom. The van der Waals surface area contributed by atoms with Crippen LogP contribution in [-0.2, 0) is 9.47 Å². The van der Waals surface area contributed by atoms with Crippen LogP contribution in [0.25, 0.3) is 0 Å². The van der Waals surface area contributed by atoms with Gasteiger partial charge in [0.1, 0.15) is 35.5 Å². The summed E-state index contributed by atoms with van der Waals surface area (Å²) in [4.78, 5) is 15.4. The summed E-state index contributed by atoms with van der Waals surface area (Å²) in [6.07, 6.45) is 0. The molecule has 2 unspecified atom stereocenters. The quantitative estimate of drug-likeness (QED) is 0.105. The normalized spacial score (nSPS) is 15.6. The van der Waals surface area contributed by atoms with Crippen LogP contribution in [0.4, 0.5) is 0 Å². The van der Waals surface area contributed by atoms with Crippen molar-refractivity contribution in [1.82, 2.24) is 4.98 Å². The molecule has 7 heteroatoms. The molecule has 1 aromatic heterocycles. The third-order valence-electron chi connectivity index (χ3n) is 8.60. The molecule has 0 spiro atoms. The highest BCUT2D eigenvalue weighted by atomic mass is 16.5. The number of hydrogen-bond donors (Lipinski definition) is 0. The minimum absolute atomic E-state index is 0.0300. The molecule has 7 nitrogen and oxygen atoms in total. The Balaban J connectivity index is 1.39. The molecule has 0 amide bonds. The summed E-state index contributed by atoms with van der Waals surface area (Å²) >= 11 is 0. The highest BCUT2D eigenvalue weighted by Gasteiger charge is 2.32. The van der Waals surface area contributed by atoms with Crippen molar-refractivity contribution in [3.8, 4) is 11.5 Å². The van der Waals surface area contributed by atoms with Gasteiger partial charge in [0.2, 0.25) is 11.8 Å². The number of pyridine rings is 1. The van der Waals surface area contributed by atoms with E-state index in [1.165, 1.54) is 22.3 Å². The van der Waals surface area contributed by atoms with Crippen molar-refractivity contribution in [2.24, 2.45) is 9.98 Å². The van der Waals surface area contributed by atoms with Gasteiger partial charge in [-0.05, 0) is 86.3 Å². The van der Waals surface area contributed by atoms with E-state index in [1.807, 2.05) is 55.5 Å². The molecule has 0 fully saturated rings. The summed E-state index contributed by atoms with van der Waals surface area (Å²) in [7, 11) is 3.36. The SMILES string of the molecule is CCOC(=NC(c1cc(C)cc(C)c1)c1cccc(OC)c1)c1cccc(C2=NC([C@@H](c3cccc(C)c3)c3cccc(OC)c3)CO2)n1. The molecule has 0 aliphatic carbocycles. The Morgan fingerprint density at radius 1 is 0.735 bits per heavy atom. The van der Waals surface area contributed by atoms with Gasteiger partial charge in [0.15, 0.2) is 0 Å². The van der Waals surface area contributed by atoms with Crippen LogP contribution in [0.3, 0.4) is 0 Å². The van der Waals surface area contributed by atoms with Crippen molar-refractivity contribution in [3.63, 3.8) is 0 Å². The first-order chi connectivity index (χ1) is 23.8. The number of aromatic nitrogens is 1. The lowest BCUT2D eigenvalue weighted by molar-refractivity contribution is 0.307. The molecule has 6 rings (SSSR count). The Hall–Kier alpha value is -5.43. The second-order valence-corrected chi connectivity index (χ2v) is 12.4. The molecule has 2 heterocycles. The fourth-order valence-corrected chi connectivity index (χ4v) is 6.46. The zero-order valence-electron chi connectivity index (χ0n) is 29.0. The first-order valence-electron chi connectivity index (χ1n) is 16.7. The second-order valence-electron chi connectivity index (χ2n) is 12.4. The van der Waals surface area contributed by atoms with Crippen LogP contribution >= 0.6 is 0 Å². The van der Waals surface area contributed by atoms with Gasteiger partial charge in [0, 0.05) is 5.92 Å². The first-order valence-corrected chi connectivity index (χ1v) is 16.7. The number of rotatable bonds is 11. The number of aliphatic imine (C=N–C) groups is 2. The smallest absolute Gasteiger partial charge is 0.236 e. The maximum Gasteiger partial charge on any atom is 0.236 e. The van der Waals surface area contributed by atoms with E-state index in [0.29, 0.717) is 36.4 Å². The van der Waals surface area contributed by atoms with Gasteiger partial charge < -0.3 is 18.9 Å². The molecule has 1 aliphatic heterocycles. The predicted octanol–water partition coefficient (Wildman–Crippen LogP) is 8.57. The molecule has 0 saturated heterocycles. The lowest BCUT2D eigenvalue weighted by Crippen LogP contribution is -2.19. The Morgan fingerprint density at radius 3 is 2.02 bits per heavy atom. The molecule has 0 saturated carbocycles. The fraction of sp³-hybridized carbons (Fsp3) is 0.262. The molecule has 5 aromatic rings. The van der Waals surface area contributed by atoms with Gasteiger partial charge in [0.05, 0.1) is 26.9 Å². The zero-order valence-corrected chi connectivity index (χ0v) is 29.0. The van der Waals surface area contributed by atoms with Crippen molar-refractivity contribution in [2.45, 2.75) is 45.7 Å². The van der Waals surface area contributed by atoms with Crippen LogP contribution in [0, 0.1) is 20.8 Å². The average molecular weight is 654 g/mol. The number of aryl methyl sites for hydroxylation is 3. The predicted molar refractivity (Wildman–Crippen MR) is 195 cm³/mol. The van der Waals surface area contributed by atoms with E-state index in [1.54, 1.807) is 14.2 Å². The van der Waals surface area contributed by atoms with Gasteiger partial charge in [-0.2, -0.15) is 0 Å². The van der Waals surface area contributed by atoms with Crippen molar-refractivity contribution < 1.29 is 18.9 Å². The van der Waals surface area contributed by atoms with Crippen LogP contribution < -0.4 is 9.47 Å². The fourth-order valence-electron chi connectivity index (χ4n) is 6.46. The maximum absolute atomic E-state index is 6.29. The summed E-state index contributed by atoms with van der Waals surface area (Å²) < 4.78 is 23.6. The lowest BCUT2D eigenvalue weighted by atomic mass is 9.85. The molecule has 3 atom stereocenters.